The Labute approximate surface area is 177 Å². The number of unbranched alkanes of at least 4 members (excludes halogenated alkanes) is 1. The largest absolute Gasteiger partial charge is 0.300 e. The minimum absolute atomic E-state index is 0.281. The van der Waals surface area contributed by atoms with Gasteiger partial charge in [0.25, 0.3) is 0 Å². The Bertz CT molecular complexity index is 802. The van der Waals surface area contributed by atoms with Crippen molar-refractivity contribution < 1.29 is 0 Å². The highest BCUT2D eigenvalue weighted by Gasteiger charge is 2.24. The van der Waals surface area contributed by atoms with Gasteiger partial charge in [0.05, 0.1) is 0 Å². The van der Waals surface area contributed by atoms with Gasteiger partial charge in [-0.15, -0.1) is 0 Å². The molecule has 0 fully saturated rings. The standard InChI is InChI=1S/C24H32ClN2P/c1-6-9-16-27(5)19(4)22-18-26-24(25)17-23(22)28(20(8-3)13-7-2)21-14-11-10-12-15-21/h7-8,10-15,17-19H,6,9,16H2,1-5H3/b13-7-,20-8+/t19-,28?/m0/s1. The second kappa shape index (κ2) is 11.5. The summed E-state index contributed by atoms with van der Waals surface area (Å²) < 4.78 is 0. The molecule has 4 heteroatoms. The van der Waals surface area contributed by atoms with Gasteiger partial charge in [0.1, 0.15) is 5.15 Å². The molecule has 0 saturated carbocycles. The molecule has 2 atom stereocenters. The molecule has 1 heterocycles. The zero-order valence-electron chi connectivity index (χ0n) is 17.7. The fraction of sp³-hybridized carbons (Fsp3) is 0.375. The topological polar surface area (TPSA) is 16.1 Å². The first-order valence-corrected chi connectivity index (χ1v) is 11.7. The lowest BCUT2D eigenvalue weighted by Gasteiger charge is -2.30. The summed E-state index contributed by atoms with van der Waals surface area (Å²) >= 11 is 6.39. The Kier molecular flexibility index (Phi) is 9.38. The first-order chi connectivity index (χ1) is 13.5. The monoisotopic (exact) mass is 414 g/mol. The smallest absolute Gasteiger partial charge is 0.129 e. The molecule has 0 amide bonds. The van der Waals surface area contributed by atoms with Gasteiger partial charge in [0.15, 0.2) is 0 Å². The molecule has 2 nitrogen and oxygen atoms in total. The van der Waals surface area contributed by atoms with E-state index >= 15 is 0 Å². The van der Waals surface area contributed by atoms with Crippen LogP contribution in [0.5, 0.6) is 0 Å². The molecule has 1 aromatic heterocycles. The molecule has 0 saturated heterocycles. The van der Waals surface area contributed by atoms with Crippen molar-refractivity contribution in [1.82, 2.24) is 9.88 Å². The summed E-state index contributed by atoms with van der Waals surface area (Å²) in [5.74, 6) is 0. The van der Waals surface area contributed by atoms with E-state index in [0.29, 0.717) is 5.15 Å². The zero-order valence-corrected chi connectivity index (χ0v) is 19.3. The van der Waals surface area contributed by atoms with Crippen molar-refractivity contribution >= 4 is 30.1 Å². The van der Waals surface area contributed by atoms with Crippen LogP contribution in [0.4, 0.5) is 0 Å². The van der Waals surface area contributed by atoms with E-state index in [-0.39, 0.29) is 6.04 Å². The molecule has 0 radical (unpaired) electrons. The summed E-state index contributed by atoms with van der Waals surface area (Å²) in [7, 11) is 1.50. The van der Waals surface area contributed by atoms with E-state index in [1.807, 2.05) is 6.20 Å². The van der Waals surface area contributed by atoms with Crippen molar-refractivity contribution in [1.29, 1.82) is 0 Å². The third-order valence-corrected chi connectivity index (χ3v) is 7.81. The predicted molar refractivity (Wildman–Crippen MR) is 126 cm³/mol. The van der Waals surface area contributed by atoms with Crippen LogP contribution >= 0.6 is 19.5 Å². The molecule has 150 valence electrons. The quantitative estimate of drug-likeness (QED) is 0.266. The number of hydrogen-bond donors (Lipinski definition) is 0. The maximum Gasteiger partial charge on any atom is 0.129 e. The Morgan fingerprint density at radius 3 is 2.57 bits per heavy atom. The highest BCUT2D eigenvalue weighted by atomic mass is 35.5. The van der Waals surface area contributed by atoms with Crippen molar-refractivity contribution in [2.75, 3.05) is 13.6 Å². The minimum Gasteiger partial charge on any atom is -0.300 e. The third-order valence-electron chi connectivity index (χ3n) is 5.00. The van der Waals surface area contributed by atoms with Crippen molar-refractivity contribution in [3.63, 3.8) is 0 Å². The van der Waals surface area contributed by atoms with Gasteiger partial charge in [0.2, 0.25) is 0 Å². The van der Waals surface area contributed by atoms with Crippen LogP contribution < -0.4 is 10.6 Å². The molecule has 0 aliphatic rings. The molecular formula is C24H32ClN2P. The maximum absolute atomic E-state index is 6.39. The van der Waals surface area contributed by atoms with Crippen LogP contribution in [0.1, 0.15) is 52.1 Å². The molecule has 0 aliphatic carbocycles. The first-order valence-electron chi connectivity index (χ1n) is 10.0. The number of hydrogen-bond acceptors (Lipinski definition) is 2. The summed E-state index contributed by atoms with van der Waals surface area (Å²) in [6, 6.07) is 13.1. The number of nitrogens with zero attached hydrogens (tertiary/aromatic N) is 2. The summed E-state index contributed by atoms with van der Waals surface area (Å²) in [5.41, 5.74) is 1.27. The molecule has 2 rings (SSSR count). The lowest BCUT2D eigenvalue weighted by Crippen LogP contribution is -2.28. The molecule has 2 aromatic rings. The predicted octanol–water partition coefficient (Wildman–Crippen LogP) is 6.44. The highest BCUT2D eigenvalue weighted by molar-refractivity contribution is 7.77. The number of aromatic nitrogens is 1. The normalized spacial score (nSPS) is 14.6. The summed E-state index contributed by atoms with van der Waals surface area (Å²) in [6.07, 6.45) is 10.9. The van der Waals surface area contributed by atoms with Crippen LogP contribution in [0.2, 0.25) is 5.15 Å². The number of allylic oxidation sites excluding steroid dienone is 4. The van der Waals surface area contributed by atoms with E-state index in [9.17, 15) is 0 Å². The second-order valence-electron chi connectivity index (χ2n) is 6.96. The van der Waals surface area contributed by atoms with Crippen molar-refractivity contribution in [2.45, 2.75) is 46.6 Å². The molecule has 1 unspecified atom stereocenters. The lowest BCUT2D eigenvalue weighted by atomic mass is 10.1. The third kappa shape index (κ3) is 5.77. The van der Waals surface area contributed by atoms with Crippen LogP contribution in [-0.4, -0.2) is 23.5 Å². The van der Waals surface area contributed by atoms with Gasteiger partial charge in [-0.3, -0.25) is 4.90 Å². The number of benzene rings is 1. The van der Waals surface area contributed by atoms with Gasteiger partial charge >= 0.3 is 0 Å². The average Bonchev–Trinajstić information content (AvgIpc) is 2.72. The van der Waals surface area contributed by atoms with Crippen LogP contribution in [0.25, 0.3) is 0 Å². The Morgan fingerprint density at radius 1 is 1.25 bits per heavy atom. The SMILES string of the molecule is C/C=C\C(=C/C)P(c1ccccc1)c1cc(Cl)ncc1[C@H](C)N(C)CCCC. The summed E-state index contributed by atoms with van der Waals surface area (Å²) in [5, 5.41) is 4.51. The van der Waals surface area contributed by atoms with Crippen LogP contribution in [0.15, 0.2) is 66.1 Å². The Morgan fingerprint density at radius 2 is 1.96 bits per heavy atom. The molecule has 0 N–H and O–H groups in total. The molecule has 1 aromatic carbocycles. The average molecular weight is 415 g/mol. The van der Waals surface area contributed by atoms with E-state index in [1.165, 1.54) is 34.3 Å². The van der Waals surface area contributed by atoms with Gasteiger partial charge in [-0.1, -0.05) is 73.5 Å². The molecule has 0 aliphatic heterocycles. The number of rotatable bonds is 9. The van der Waals surface area contributed by atoms with Crippen molar-refractivity contribution in [2.24, 2.45) is 0 Å². The van der Waals surface area contributed by atoms with Crippen LogP contribution in [-0.2, 0) is 0 Å². The second-order valence-corrected chi connectivity index (χ2v) is 9.53. The maximum atomic E-state index is 6.39. The van der Waals surface area contributed by atoms with Crippen molar-refractivity contribution in [3.8, 4) is 0 Å². The Hall–Kier alpha value is -1.47. The lowest BCUT2D eigenvalue weighted by molar-refractivity contribution is 0.258. The Balaban J connectivity index is 2.61. The van der Waals surface area contributed by atoms with Gasteiger partial charge < -0.3 is 0 Å². The van der Waals surface area contributed by atoms with Gasteiger partial charge in [0, 0.05) is 12.2 Å². The molecular weight excluding hydrogens is 383 g/mol. The van der Waals surface area contributed by atoms with Crippen molar-refractivity contribution in [3.05, 3.63) is 76.9 Å². The van der Waals surface area contributed by atoms with Gasteiger partial charge in [-0.25, -0.2) is 4.98 Å². The molecule has 0 spiro atoms. The van der Waals surface area contributed by atoms with Crippen LogP contribution in [0, 0.1) is 0 Å². The molecule has 0 bridgehead atoms. The minimum atomic E-state index is -0.704. The van der Waals surface area contributed by atoms with E-state index in [4.69, 9.17) is 11.6 Å². The fourth-order valence-electron chi connectivity index (χ4n) is 3.26. The fourth-order valence-corrected chi connectivity index (χ4v) is 6.13. The number of pyridine rings is 1. The highest BCUT2D eigenvalue weighted by Crippen LogP contribution is 2.45. The summed E-state index contributed by atoms with van der Waals surface area (Å²) in [4.78, 5) is 6.86. The van der Waals surface area contributed by atoms with E-state index in [1.54, 1.807) is 0 Å². The summed E-state index contributed by atoms with van der Waals surface area (Å²) in [6.45, 7) is 9.77. The van der Waals surface area contributed by atoms with E-state index in [2.05, 4.69) is 99.3 Å². The van der Waals surface area contributed by atoms with Gasteiger partial charge in [-0.2, -0.15) is 0 Å². The van der Waals surface area contributed by atoms with Gasteiger partial charge in [-0.05, 0) is 76.3 Å². The molecule has 28 heavy (non-hydrogen) atoms. The zero-order chi connectivity index (χ0) is 20.5. The first kappa shape index (κ1) is 22.8. The van der Waals surface area contributed by atoms with E-state index in [0.717, 1.165) is 6.54 Å². The van der Waals surface area contributed by atoms with Crippen LogP contribution in [0.3, 0.4) is 0 Å². The van der Waals surface area contributed by atoms with E-state index < -0.39 is 7.92 Å². The number of halogens is 1.